The SMILES string of the molecule is CC(N)(Cc1ccc(O)c(O)c1)C(=O)O.CC1CCC(NC(=O)N(CCCl)N=O)CC1. The van der Waals surface area contributed by atoms with Crippen molar-refractivity contribution in [2.75, 3.05) is 12.4 Å². The molecule has 0 heterocycles. The number of nitrogens with zero attached hydrogens (tertiary/aromatic N) is 2. The molecule has 1 aromatic rings. The van der Waals surface area contributed by atoms with E-state index in [-0.39, 0.29) is 36.4 Å². The van der Waals surface area contributed by atoms with Crippen LogP contribution in [0.3, 0.4) is 0 Å². The molecule has 11 heteroatoms. The fourth-order valence-electron chi connectivity index (χ4n) is 3.09. The summed E-state index contributed by atoms with van der Waals surface area (Å²) in [5.74, 6) is -0.700. The molecule has 0 bridgehead atoms. The highest BCUT2D eigenvalue weighted by Gasteiger charge is 2.28. The highest BCUT2D eigenvalue weighted by Crippen LogP contribution is 2.26. The predicted octanol–water partition coefficient (Wildman–Crippen LogP) is 2.94. The number of halogens is 1. The first-order chi connectivity index (χ1) is 14.5. The van der Waals surface area contributed by atoms with Gasteiger partial charge in [0.25, 0.3) is 0 Å². The molecule has 1 aromatic carbocycles. The summed E-state index contributed by atoms with van der Waals surface area (Å²) in [6.45, 7) is 3.75. The van der Waals surface area contributed by atoms with E-state index in [2.05, 4.69) is 17.5 Å². The van der Waals surface area contributed by atoms with Crippen LogP contribution >= 0.6 is 11.6 Å². The van der Waals surface area contributed by atoms with E-state index in [4.69, 9.17) is 27.5 Å². The fourth-order valence-corrected chi connectivity index (χ4v) is 3.25. The average molecular weight is 459 g/mol. The molecule has 1 fully saturated rings. The number of carboxylic acids is 1. The van der Waals surface area contributed by atoms with Crippen LogP contribution in [-0.2, 0) is 11.2 Å². The van der Waals surface area contributed by atoms with Crippen LogP contribution in [0.25, 0.3) is 0 Å². The van der Waals surface area contributed by atoms with Crippen molar-refractivity contribution < 1.29 is 24.9 Å². The fraction of sp³-hybridized carbons (Fsp3) is 0.600. The minimum Gasteiger partial charge on any atom is -0.504 e. The van der Waals surface area contributed by atoms with Gasteiger partial charge in [-0.2, -0.15) is 5.01 Å². The minimum absolute atomic E-state index is 0.0795. The topological polar surface area (TPSA) is 166 Å². The highest BCUT2D eigenvalue weighted by molar-refractivity contribution is 6.18. The lowest BCUT2D eigenvalue weighted by Crippen LogP contribution is -2.46. The number of carbonyl (C=O) groups excluding carboxylic acids is 1. The van der Waals surface area contributed by atoms with E-state index in [9.17, 15) is 19.6 Å². The van der Waals surface area contributed by atoms with Gasteiger partial charge in [-0.3, -0.25) is 4.79 Å². The second-order valence-corrected chi connectivity index (χ2v) is 8.40. The van der Waals surface area contributed by atoms with Crippen LogP contribution in [0.15, 0.2) is 23.5 Å². The summed E-state index contributed by atoms with van der Waals surface area (Å²) >= 11 is 5.46. The van der Waals surface area contributed by atoms with Crippen LogP contribution in [0.2, 0.25) is 0 Å². The number of aromatic hydroxyl groups is 2. The van der Waals surface area contributed by atoms with Gasteiger partial charge in [-0.1, -0.05) is 13.0 Å². The number of phenolic OH excluding ortho intramolecular Hbond substituents is 2. The van der Waals surface area contributed by atoms with Gasteiger partial charge < -0.3 is 26.4 Å². The molecule has 2 amide bonds. The van der Waals surface area contributed by atoms with Crippen LogP contribution in [0.1, 0.15) is 45.1 Å². The standard InChI is InChI=1S/C10H18ClN3O2.C10H13NO4/c1-8-2-4-9(5-3-8)12-10(15)14(13-16)7-6-11;1-10(11,9(14)15)5-6-2-3-7(12)8(13)4-6/h8-9H,2-7H2,1H3,(H,12,15);2-4,12-13H,5,11H2,1H3,(H,14,15). The van der Waals surface area contributed by atoms with Crippen LogP contribution in [0.4, 0.5) is 4.79 Å². The second kappa shape index (κ2) is 12.3. The molecule has 2 rings (SSSR count). The molecule has 0 spiro atoms. The quantitative estimate of drug-likeness (QED) is 0.181. The van der Waals surface area contributed by atoms with Crippen molar-refractivity contribution in [1.82, 2.24) is 10.3 Å². The summed E-state index contributed by atoms with van der Waals surface area (Å²) in [7, 11) is 0. The molecular formula is C20H31ClN4O6. The maximum atomic E-state index is 11.6. The number of carboxylic acid groups (broad SMARTS) is 1. The van der Waals surface area contributed by atoms with Gasteiger partial charge in [0, 0.05) is 18.3 Å². The third kappa shape index (κ3) is 8.97. The monoisotopic (exact) mass is 458 g/mol. The molecule has 1 unspecified atom stereocenters. The Kier molecular flexibility index (Phi) is 10.5. The summed E-state index contributed by atoms with van der Waals surface area (Å²) in [5.41, 5.74) is 4.70. The first-order valence-electron chi connectivity index (χ1n) is 10.0. The summed E-state index contributed by atoms with van der Waals surface area (Å²) in [6.07, 6.45) is 4.26. The van der Waals surface area contributed by atoms with Gasteiger partial charge >= 0.3 is 12.0 Å². The molecule has 31 heavy (non-hydrogen) atoms. The number of carbonyl (C=O) groups is 2. The number of rotatable bonds is 7. The number of nitroso groups, excluding NO2 is 1. The van der Waals surface area contributed by atoms with E-state index in [0.29, 0.717) is 5.56 Å². The van der Waals surface area contributed by atoms with Crippen LogP contribution in [-0.4, -0.2) is 56.3 Å². The zero-order valence-corrected chi connectivity index (χ0v) is 18.5. The minimum atomic E-state index is -1.39. The maximum Gasteiger partial charge on any atom is 0.340 e. The Morgan fingerprint density at radius 1 is 1.26 bits per heavy atom. The molecule has 0 aliphatic heterocycles. The molecule has 0 aromatic heterocycles. The lowest BCUT2D eigenvalue weighted by atomic mass is 9.87. The third-order valence-electron chi connectivity index (χ3n) is 5.07. The smallest absolute Gasteiger partial charge is 0.340 e. The normalized spacial score (nSPS) is 19.9. The number of alkyl halides is 1. The molecular weight excluding hydrogens is 428 g/mol. The number of amides is 2. The van der Waals surface area contributed by atoms with Gasteiger partial charge in [-0.05, 0) is 56.2 Å². The predicted molar refractivity (Wildman–Crippen MR) is 117 cm³/mol. The molecule has 1 aliphatic carbocycles. The zero-order chi connectivity index (χ0) is 23.6. The Morgan fingerprint density at radius 2 is 1.87 bits per heavy atom. The number of nitrogens with two attached hydrogens (primary N) is 1. The molecule has 0 radical (unpaired) electrons. The number of aliphatic carboxylic acids is 1. The summed E-state index contributed by atoms with van der Waals surface area (Å²) in [4.78, 5) is 32.7. The summed E-state index contributed by atoms with van der Waals surface area (Å²) in [5, 5.41) is 33.3. The van der Waals surface area contributed by atoms with Crippen molar-refractivity contribution in [3.05, 3.63) is 28.7 Å². The van der Waals surface area contributed by atoms with Crippen LogP contribution in [0, 0.1) is 10.8 Å². The average Bonchev–Trinajstić information content (AvgIpc) is 2.70. The molecule has 1 aliphatic rings. The third-order valence-corrected chi connectivity index (χ3v) is 5.24. The molecule has 1 atom stereocenters. The molecule has 174 valence electrons. The van der Waals surface area contributed by atoms with Gasteiger partial charge in [-0.25, -0.2) is 4.79 Å². The largest absolute Gasteiger partial charge is 0.504 e. The Labute approximate surface area is 186 Å². The molecule has 6 N–H and O–H groups in total. The van der Waals surface area contributed by atoms with E-state index in [1.54, 1.807) is 0 Å². The Bertz CT molecular complexity index is 753. The van der Waals surface area contributed by atoms with Crippen molar-refractivity contribution in [3.63, 3.8) is 0 Å². The van der Waals surface area contributed by atoms with E-state index in [0.717, 1.165) is 36.6 Å². The van der Waals surface area contributed by atoms with Gasteiger partial charge in [0.05, 0.1) is 11.8 Å². The van der Waals surface area contributed by atoms with E-state index in [1.807, 2.05) is 0 Å². The number of benzene rings is 1. The summed E-state index contributed by atoms with van der Waals surface area (Å²) in [6, 6.07) is 3.84. The first kappa shape index (κ1) is 26.4. The summed E-state index contributed by atoms with van der Waals surface area (Å²) < 4.78 is 0. The molecule has 1 saturated carbocycles. The molecule has 0 saturated heterocycles. The van der Waals surface area contributed by atoms with Crippen LogP contribution in [0.5, 0.6) is 11.5 Å². The lowest BCUT2D eigenvalue weighted by Gasteiger charge is -2.27. The Balaban J connectivity index is 0.000000311. The van der Waals surface area contributed by atoms with Crippen LogP contribution < -0.4 is 11.1 Å². The number of hydrogen-bond acceptors (Lipinski definition) is 7. The highest BCUT2D eigenvalue weighted by atomic mass is 35.5. The van der Waals surface area contributed by atoms with E-state index in [1.165, 1.54) is 25.1 Å². The maximum absolute atomic E-state index is 11.6. The van der Waals surface area contributed by atoms with Crippen molar-refractivity contribution >= 4 is 23.6 Å². The van der Waals surface area contributed by atoms with Gasteiger partial charge in [-0.15, -0.1) is 16.5 Å². The van der Waals surface area contributed by atoms with Crippen molar-refractivity contribution in [2.24, 2.45) is 16.9 Å². The lowest BCUT2D eigenvalue weighted by molar-refractivity contribution is -0.142. The first-order valence-corrected chi connectivity index (χ1v) is 10.5. The Hall–Kier alpha value is -2.59. The number of nitrogens with one attached hydrogen (secondary N) is 1. The van der Waals surface area contributed by atoms with Crippen molar-refractivity contribution in [3.8, 4) is 11.5 Å². The van der Waals surface area contributed by atoms with Crippen molar-refractivity contribution in [1.29, 1.82) is 0 Å². The van der Waals surface area contributed by atoms with Crippen molar-refractivity contribution in [2.45, 2.75) is 57.5 Å². The van der Waals surface area contributed by atoms with Gasteiger partial charge in [0.2, 0.25) is 0 Å². The second-order valence-electron chi connectivity index (χ2n) is 8.02. The van der Waals surface area contributed by atoms with Gasteiger partial charge in [0.1, 0.15) is 5.54 Å². The van der Waals surface area contributed by atoms with Gasteiger partial charge in [0.15, 0.2) is 11.5 Å². The molecule has 10 nitrogen and oxygen atoms in total. The number of urea groups is 1. The zero-order valence-electron chi connectivity index (χ0n) is 17.8. The Morgan fingerprint density at radius 3 is 2.35 bits per heavy atom. The van der Waals surface area contributed by atoms with E-state index < -0.39 is 17.5 Å². The van der Waals surface area contributed by atoms with E-state index >= 15 is 0 Å². The number of hydrogen-bond donors (Lipinski definition) is 5. The number of phenols is 2.